The van der Waals surface area contributed by atoms with Crippen LogP contribution in [-0.4, -0.2) is 72.1 Å². The van der Waals surface area contributed by atoms with Gasteiger partial charge < -0.3 is 31.3 Å². The molecule has 0 bridgehead atoms. The SMILES string of the molecule is C=C/C=C\C(=CCCC(NC(=O)CNC(=O)CCCCCC)C(=O)NC(CCC)C(=O)C(=O)NCC(=O)NC(C(=O)OC(C)(C)C)c1ccccc1)CCC. The van der Waals surface area contributed by atoms with Crippen LogP contribution in [0.2, 0.25) is 0 Å². The number of allylic oxidation sites excluding steroid dienone is 5. The molecule has 13 heteroatoms. The second kappa shape index (κ2) is 26.7. The second-order valence-corrected chi connectivity index (χ2v) is 14.3. The Bertz CT molecular complexity index is 1480. The molecule has 0 radical (unpaired) electrons. The molecule has 1 aromatic carbocycles. The molecule has 0 aliphatic rings. The number of hydrogen-bond acceptors (Lipinski definition) is 8. The van der Waals surface area contributed by atoms with Crippen molar-refractivity contribution in [1.82, 2.24) is 26.6 Å². The topological polar surface area (TPSA) is 189 Å². The Labute approximate surface area is 326 Å². The Balaban J connectivity index is 3.05. The Morgan fingerprint density at radius 2 is 1.42 bits per heavy atom. The summed E-state index contributed by atoms with van der Waals surface area (Å²) in [6.07, 6.45) is 14.2. The van der Waals surface area contributed by atoms with Crippen LogP contribution in [0, 0.1) is 0 Å². The van der Waals surface area contributed by atoms with Gasteiger partial charge in [0.05, 0.1) is 19.1 Å². The molecule has 0 fully saturated rings. The van der Waals surface area contributed by atoms with Crippen LogP contribution in [0.25, 0.3) is 0 Å². The van der Waals surface area contributed by atoms with Crippen molar-refractivity contribution < 1.29 is 38.3 Å². The van der Waals surface area contributed by atoms with Crippen LogP contribution in [-0.2, 0) is 38.3 Å². The summed E-state index contributed by atoms with van der Waals surface area (Å²) < 4.78 is 5.48. The molecular weight excluding hydrogens is 702 g/mol. The van der Waals surface area contributed by atoms with Gasteiger partial charge in [-0.05, 0) is 58.4 Å². The first-order valence-electron chi connectivity index (χ1n) is 19.4. The zero-order valence-electron chi connectivity index (χ0n) is 33.6. The van der Waals surface area contributed by atoms with Crippen molar-refractivity contribution in [2.45, 2.75) is 136 Å². The van der Waals surface area contributed by atoms with Gasteiger partial charge in [-0.2, -0.15) is 0 Å². The molecule has 0 aliphatic heterocycles. The predicted molar refractivity (Wildman–Crippen MR) is 213 cm³/mol. The van der Waals surface area contributed by atoms with Crippen molar-refractivity contribution in [1.29, 1.82) is 0 Å². The first kappa shape index (κ1) is 48.0. The largest absolute Gasteiger partial charge is 0.458 e. The molecule has 0 saturated heterocycles. The number of benzene rings is 1. The van der Waals surface area contributed by atoms with Gasteiger partial charge in [0.25, 0.3) is 5.91 Å². The van der Waals surface area contributed by atoms with E-state index in [1.807, 2.05) is 25.2 Å². The molecule has 304 valence electrons. The minimum absolute atomic E-state index is 0.112. The minimum atomic E-state index is -1.25. The average Bonchev–Trinajstić information content (AvgIpc) is 3.14. The van der Waals surface area contributed by atoms with E-state index in [2.05, 4.69) is 40.1 Å². The van der Waals surface area contributed by atoms with Gasteiger partial charge in [-0.25, -0.2) is 4.79 Å². The highest BCUT2D eigenvalue weighted by molar-refractivity contribution is 6.38. The lowest BCUT2D eigenvalue weighted by Gasteiger charge is -2.25. The summed E-state index contributed by atoms with van der Waals surface area (Å²) in [5.41, 5.74) is 0.677. The van der Waals surface area contributed by atoms with E-state index in [0.717, 1.165) is 37.7 Å². The summed E-state index contributed by atoms with van der Waals surface area (Å²) in [4.78, 5) is 91.0. The fraction of sp³-hybridized carbons (Fsp3) is 0.548. The molecule has 5 amide bonds. The zero-order valence-corrected chi connectivity index (χ0v) is 33.6. The van der Waals surface area contributed by atoms with E-state index in [1.54, 1.807) is 64.1 Å². The molecule has 5 N–H and O–H groups in total. The van der Waals surface area contributed by atoms with Crippen molar-refractivity contribution in [3.63, 3.8) is 0 Å². The first-order chi connectivity index (χ1) is 26.1. The fourth-order valence-corrected chi connectivity index (χ4v) is 5.40. The number of unbranched alkanes of at least 4 members (excludes halogenated alkanes) is 3. The van der Waals surface area contributed by atoms with E-state index in [0.29, 0.717) is 31.2 Å². The summed E-state index contributed by atoms with van der Waals surface area (Å²) in [6.45, 7) is 13.7. The lowest BCUT2D eigenvalue weighted by atomic mass is 10.0. The smallest absolute Gasteiger partial charge is 0.333 e. The third-order valence-electron chi connectivity index (χ3n) is 8.13. The van der Waals surface area contributed by atoms with Crippen molar-refractivity contribution in [3.8, 4) is 0 Å². The lowest BCUT2D eigenvalue weighted by molar-refractivity contribution is -0.158. The van der Waals surface area contributed by atoms with Crippen LogP contribution in [0.5, 0.6) is 0 Å². The van der Waals surface area contributed by atoms with Crippen LogP contribution < -0.4 is 26.6 Å². The van der Waals surface area contributed by atoms with Gasteiger partial charge in [0, 0.05) is 6.42 Å². The molecule has 13 nitrogen and oxygen atoms in total. The van der Waals surface area contributed by atoms with Crippen molar-refractivity contribution in [2.75, 3.05) is 13.1 Å². The van der Waals surface area contributed by atoms with E-state index in [4.69, 9.17) is 4.74 Å². The minimum Gasteiger partial charge on any atom is -0.458 e. The fourth-order valence-electron chi connectivity index (χ4n) is 5.40. The molecular formula is C42H63N5O8. The third kappa shape index (κ3) is 20.8. The van der Waals surface area contributed by atoms with Crippen LogP contribution in [0.3, 0.4) is 0 Å². The number of esters is 1. The average molecular weight is 766 g/mol. The maximum Gasteiger partial charge on any atom is 0.333 e. The van der Waals surface area contributed by atoms with Crippen molar-refractivity contribution >= 4 is 41.3 Å². The second-order valence-electron chi connectivity index (χ2n) is 14.3. The number of rotatable bonds is 26. The monoisotopic (exact) mass is 765 g/mol. The van der Waals surface area contributed by atoms with Crippen LogP contribution in [0.1, 0.15) is 124 Å². The highest BCUT2D eigenvalue weighted by Gasteiger charge is 2.31. The van der Waals surface area contributed by atoms with Gasteiger partial charge >= 0.3 is 5.97 Å². The lowest BCUT2D eigenvalue weighted by Crippen LogP contribution is -2.55. The molecule has 1 rings (SSSR count). The molecule has 0 spiro atoms. The molecule has 0 aromatic heterocycles. The number of hydrogen-bond donors (Lipinski definition) is 5. The van der Waals surface area contributed by atoms with Crippen LogP contribution >= 0.6 is 0 Å². The number of carbonyl (C=O) groups is 7. The van der Waals surface area contributed by atoms with Gasteiger partial charge in [-0.1, -0.05) is 120 Å². The van der Waals surface area contributed by atoms with Crippen LogP contribution in [0.15, 0.2) is 66.8 Å². The molecule has 0 heterocycles. The summed E-state index contributed by atoms with van der Waals surface area (Å²) in [7, 11) is 0. The Kier molecular flexibility index (Phi) is 23.2. The quantitative estimate of drug-likeness (QED) is 0.0378. The maximum atomic E-state index is 13.6. The normalized spacial score (nSPS) is 13.2. The number of ether oxygens (including phenoxy) is 1. The Morgan fingerprint density at radius 1 is 0.745 bits per heavy atom. The van der Waals surface area contributed by atoms with E-state index >= 15 is 0 Å². The van der Waals surface area contributed by atoms with E-state index in [1.165, 1.54) is 0 Å². The molecule has 3 atom stereocenters. The Morgan fingerprint density at radius 3 is 2.04 bits per heavy atom. The highest BCUT2D eigenvalue weighted by Crippen LogP contribution is 2.19. The van der Waals surface area contributed by atoms with Gasteiger partial charge in [0.15, 0.2) is 6.04 Å². The van der Waals surface area contributed by atoms with Gasteiger partial charge in [-0.15, -0.1) is 0 Å². The van der Waals surface area contributed by atoms with Crippen molar-refractivity contribution in [3.05, 3.63) is 72.4 Å². The van der Waals surface area contributed by atoms with E-state index in [-0.39, 0.29) is 25.3 Å². The van der Waals surface area contributed by atoms with E-state index in [9.17, 15) is 33.6 Å². The van der Waals surface area contributed by atoms with E-state index < -0.39 is 65.7 Å². The molecule has 55 heavy (non-hydrogen) atoms. The predicted octanol–water partition coefficient (Wildman–Crippen LogP) is 4.98. The Hall–Kier alpha value is -5.07. The highest BCUT2D eigenvalue weighted by atomic mass is 16.6. The number of ketones is 1. The number of nitrogens with one attached hydrogen (secondary N) is 5. The molecule has 1 aromatic rings. The maximum absolute atomic E-state index is 13.6. The third-order valence-corrected chi connectivity index (χ3v) is 8.13. The molecule has 0 aliphatic carbocycles. The molecule has 0 saturated carbocycles. The standard InChI is InChI=1S/C42H63N5O8/c1-8-12-14-18-27-34(48)43-28-35(49)45-33(26-19-23-30(20-10-3)22-13-9-2)39(52)46-32(21-11-4)38(51)40(53)44-29-36(50)47-37(31-24-16-15-17-25-31)41(54)55-42(5,6)7/h9,13,15-17,22-25,32-33,37H,2,8,10-12,14,18-21,26-29H2,1,3-7H3,(H,43,48)(H,44,53)(H,45,49)(H,46,52)(H,47,50)/b22-13-,30-23?. The van der Waals surface area contributed by atoms with Gasteiger partial charge in [0.2, 0.25) is 29.4 Å². The zero-order chi connectivity index (χ0) is 41.2. The van der Waals surface area contributed by atoms with Crippen LogP contribution in [0.4, 0.5) is 0 Å². The summed E-state index contributed by atoms with van der Waals surface area (Å²) in [5, 5.41) is 12.7. The number of Topliss-reactive ketones (excluding diaryl/α,β-unsaturated/α-hetero) is 1. The van der Waals surface area contributed by atoms with Gasteiger partial charge in [-0.3, -0.25) is 28.8 Å². The number of amides is 5. The summed E-state index contributed by atoms with van der Waals surface area (Å²) >= 11 is 0. The molecule has 3 unspecified atom stereocenters. The number of carbonyl (C=O) groups excluding carboxylic acids is 7. The summed E-state index contributed by atoms with van der Waals surface area (Å²) in [6, 6.07) is 4.97. The summed E-state index contributed by atoms with van der Waals surface area (Å²) in [5.74, 6) is -5.04. The van der Waals surface area contributed by atoms with Crippen molar-refractivity contribution in [2.24, 2.45) is 0 Å². The first-order valence-corrected chi connectivity index (χ1v) is 19.4. The van der Waals surface area contributed by atoms with Gasteiger partial charge in [0.1, 0.15) is 11.6 Å².